The van der Waals surface area contributed by atoms with Gasteiger partial charge in [0.05, 0.1) is 5.92 Å². The lowest BCUT2D eigenvalue weighted by Gasteiger charge is -2.37. The van der Waals surface area contributed by atoms with Crippen LogP contribution in [0.5, 0.6) is 0 Å². The Morgan fingerprint density at radius 2 is 1.81 bits per heavy atom. The molecule has 1 rings (SSSR count). The fourth-order valence-corrected chi connectivity index (χ4v) is 2.92. The van der Waals surface area contributed by atoms with E-state index in [4.69, 9.17) is 5.11 Å². The van der Waals surface area contributed by atoms with Crippen LogP contribution < -0.4 is 0 Å². The topological polar surface area (TPSA) is 77.9 Å². The van der Waals surface area contributed by atoms with Crippen LogP contribution in [0.1, 0.15) is 46.5 Å². The summed E-state index contributed by atoms with van der Waals surface area (Å²) in [6, 6.07) is -0.299. The van der Waals surface area contributed by atoms with E-state index in [-0.39, 0.29) is 30.7 Å². The second-order valence-electron chi connectivity index (χ2n) is 5.48. The first-order chi connectivity index (χ1) is 9.92. The molecule has 0 spiro atoms. The summed E-state index contributed by atoms with van der Waals surface area (Å²) in [4.78, 5) is 38.6. The molecule has 0 aromatic heterocycles. The van der Waals surface area contributed by atoms with E-state index >= 15 is 0 Å². The van der Waals surface area contributed by atoms with E-state index in [2.05, 4.69) is 0 Å². The lowest BCUT2D eigenvalue weighted by atomic mass is 9.90. The van der Waals surface area contributed by atoms with Crippen LogP contribution in [0.3, 0.4) is 0 Å². The Bertz CT molecular complexity index is 393. The van der Waals surface area contributed by atoms with Crippen molar-refractivity contribution in [1.29, 1.82) is 0 Å². The van der Waals surface area contributed by atoms with Gasteiger partial charge >= 0.3 is 5.97 Å². The average Bonchev–Trinajstić information content (AvgIpc) is 2.46. The van der Waals surface area contributed by atoms with Crippen LogP contribution in [-0.4, -0.2) is 58.4 Å². The van der Waals surface area contributed by atoms with Crippen molar-refractivity contribution in [2.75, 3.05) is 19.6 Å². The molecule has 0 aliphatic carbocycles. The second-order valence-corrected chi connectivity index (χ2v) is 5.48. The molecule has 2 atom stereocenters. The standard InChI is InChI=1S/C15H26N2O4/c1-4-16(5-2)13(18)8-9-14(19)17-10-6-7-12(11(17)3)15(20)21/h11-12H,4-10H2,1-3H3,(H,20,21)/t11-,12-/m0/s1. The molecule has 1 aliphatic rings. The molecule has 1 fully saturated rings. The predicted octanol–water partition coefficient (Wildman–Crippen LogP) is 1.35. The quantitative estimate of drug-likeness (QED) is 0.803. The molecule has 21 heavy (non-hydrogen) atoms. The van der Waals surface area contributed by atoms with Gasteiger partial charge in [-0.2, -0.15) is 0 Å². The van der Waals surface area contributed by atoms with E-state index in [1.165, 1.54) is 0 Å². The largest absolute Gasteiger partial charge is 0.481 e. The minimum atomic E-state index is -0.848. The highest BCUT2D eigenvalue weighted by molar-refractivity contribution is 5.84. The number of rotatable bonds is 6. The molecular formula is C15H26N2O4. The minimum Gasteiger partial charge on any atom is -0.481 e. The van der Waals surface area contributed by atoms with Crippen molar-refractivity contribution in [2.24, 2.45) is 5.92 Å². The number of carbonyl (C=O) groups is 3. The summed E-state index contributed by atoms with van der Waals surface area (Å²) in [5.41, 5.74) is 0. The third-order valence-corrected chi connectivity index (χ3v) is 4.29. The van der Waals surface area contributed by atoms with Gasteiger partial charge in [-0.25, -0.2) is 0 Å². The number of hydrogen-bond donors (Lipinski definition) is 1. The molecule has 0 bridgehead atoms. The summed E-state index contributed by atoms with van der Waals surface area (Å²) in [6.07, 6.45) is 1.67. The number of carboxylic acid groups (broad SMARTS) is 1. The number of amides is 2. The van der Waals surface area contributed by atoms with Crippen molar-refractivity contribution in [3.8, 4) is 0 Å². The van der Waals surface area contributed by atoms with E-state index in [1.54, 1.807) is 16.7 Å². The Kier molecular flexibility index (Phi) is 6.65. The van der Waals surface area contributed by atoms with Crippen molar-refractivity contribution in [3.63, 3.8) is 0 Å². The van der Waals surface area contributed by atoms with Gasteiger partial charge in [-0.05, 0) is 33.6 Å². The van der Waals surface area contributed by atoms with Crippen LogP contribution in [-0.2, 0) is 14.4 Å². The van der Waals surface area contributed by atoms with Gasteiger partial charge < -0.3 is 14.9 Å². The van der Waals surface area contributed by atoms with Crippen LogP contribution in [0.15, 0.2) is 0 Å². The average molecular weight is 298 g/mol. The second kappa shape index (κ2) is 8.00. The summed E-state index contributed by atoms with van der Waals surface area (Å²) in [7, 11) is 0. The van der Waals surface area contributed by atoms with Crippen molar-refractivity contribution < 1.29 is 19.5 Å². The molecule has 1 N–H and O–H groups in total. The number of nitrogens with zero attached hydrogens (tertiary/aromatic N) is 2. The first kappa shape index (κ1) is 17.5. The Balaban J connectivity index is 2.55. The van der Waals surface area contributed by atoms with Crippen LogP contribution in [0.25, 0.3) is 0 Å². The van der Waals surface area contributed by atoms with Gasteiger partial charge in [0.2, 0.25) is 11.8 Å². The molecule has 1 heterocycles. The number of likely N-dealkylation sites (tertiary alicyclic amines) is 1. The molecule has 6 heteroatoms. The van der Waals surface area contributed by atoms with Gasteiger partial charge in [0.15, 0.2) is 0 Å². The van der Waals surface area contributed by atoms with Crippen molar-refractivity contribution in [3.05, 3.63) is 0 Å². The Hall–Kier alpha value is -1.59. The Morgan fingerprint density at radius 3 is 2.33 bits per heavy atom. The Labute approximate surface area is 126 Å². The van der Waals surface area contributed by atoms with E-state index in [9.17, 15) is 14.4 Å². The number of carbonyl (C=O) groups excluding carboxylic acids is 2. The number of piperidine rings is 1. The highest BCUT2D eigenvalue weighted by Gasteiger charge is 2.35. The van der Waals surface area contributed by atoms with Crippen molar-refractivity contribution in [2.45, 2.75) is 52.5 Å². The molecular weight excluding hydrogens is 272 g/mol. The van der Waals surface area contributed by atoms with E-state index in [0.717, 1.165) is 0 Å². The lowest BCUT2D eigenvalue weighted by Crippen LogP contribution is -2.49. The molecule has 6 nitrogen and oxygen atoms in total. The third-order valence-electron chi connectivity index (χ3n) is 4.29. The van der Waals surface area contributed by atoms with Crippen molar-refractivity contribution >= 4 is 17.8 Å². The van der Waals surface area contributed by atoms with Gasteiger partial charge in [0, 0.05) is 38.5 Å². The van der Waals surface area contributed by atoms with Gasteiger partial charge in [-0.15, -0.1) is 0 Å². The van der Waals surface area contributed by atoms with Crippen LogP contribution in [0, 0.1) is 5.92 Å². The van der Waals surface area contributed by atoms with Crippen LogP contribution >= 0.6 is 0 Å². The predicted molar refractivity (Wildman–Crippen MR) is 78.7 cm³/mol. The maximum Gasteiger partial charge on any atom is 0.308 e. The molecule has 1 aliphatic heterocycles. The molecule has 0 saturated carbocycles. The molecule has 1 saturated heterocycles. The smallest absolute Gasteiger partial charge is 0.308 e. The van der Waals surface area contributed by atoms with E-state index in [0.29, 0.717) is 32.5 Å². The molecule has 0 aromatic rings. The van der Waals surface area contributed by atoms with Crippen molar-refractivity contribution in [1.82, 2.24) is 9.80 Å². The number of carboxylic acids is 1. The molecule has 120 valence electrons. The zero-order valence-corrected chi connectivity index (χ0v) is 13.2. The minimum absolute atomic E-state index is 0.0206. The number of hydrogen-bond acceptors (Lipinski definition) is 3. The highest BCUT2D eigenvalue weighted by atomic mass is 16.4. The molecule has 2 amide bonds. The maximum absolute atomic E-state index is 12.2. The van der Waals surface area contributed by atoms with Crippen LogP contribution in [0.4, 0.5) is 0 Å². The van der Waals surface area contributed by atoms with Gasteiger partial charge in [0.25, 0.3) is 0 Å². The first-order valence-corrected chi connectivity index (χ1v) is 7.72. The summed E-state index contributed by atoms with van der Waals surface area (Å²) in [5, 5.41) is 9.16. The van der Waals surface area contributed by atoms with E-state index in [1.807, 2.05) is 13.8 Å². The lowest BCUT2D eigenvalue weighted by molar-refractivity contribution is -0.149. The Morgan fingerprint density at radius 1 is 1.19 bits per heavy atom. The van der Waals surface area contributed by atoms with Crippen LogP contribution in [0.2, 0.25) is 0 Å². The summed E-state index contributed by atoms with van der Waals surface area (Å²) in [6.45, 7) is 7.47. The zero-order chi connectivity index (χ0) is 16.0. The normalized spacial score (nSPS) is 22.0. The summed E-state index contributed by atoms with van der Waals surface area (Å²) >= 11 is 0. The van der Waals surface area contributed by atoms with Gasteiger partial charge in [-0.1, -0.05) is 0 Å². The highest BCUT2D eigenvalue weighted by Crippen LogP contribution is 2.24. The zero-order valence-electron chi connectivity index (χ0n) is 13.2. The number of aliphatic carboxylic acids is 1. The fraction of sp³-hybridized carbons (Fsp3) is 0.800. The fourth-order valence-electron chi connectivity index (χ4n) is 2.92. The molecule has 0 unspecified atom stereocenters. The maximum atomic E-state index is 12.2. The van der Waals surface area contributed by atoms with Gasteiger partial charge in [-0.3, -0.25) is 14.4 Å². The molecule has 0 aromatic carbocycles. The summed E-state index contributed by atoms with van der Waals surface area (Å²) in [5.74, 6) is -1.48. The SMILES string of the molecule is CCN(CC)C(=O)CCC(=O)N1CCC[C@H](C(=O)O)[C@@H]1C. The first-order valence-electron chi connectivity index (χ1n) is 7.72. The van der Waals surface area contributed by atoms with E-state index < -0.39 is 11.9 Å². The molecule has 0 radical (unpaired) electrons. The summed E-state index contributed by atoms with van der Waals surface area (Å²) < 4.78 is 0. The third kappa shape index (κ3) is 4.44. The monoisotopic (exact) mass is 298 g/mol. The van der Waals surface area contributed by atoms with Gasteiger partial charge in [0.1, 0.15) is 0 Å².